The molecule has 96 valence electrons. The van der Waals surface area contributed by atoms with Gasteiger partial charge in [0.2, 0.25) is 0 Å². The summed E-state index contributed by atoms with van der Waals surface area (Å²) in [6.45, 7) is 8.94. The first-order valence-corrected chi connectivity index (χ1v) is 5.60. The Hall–Kier alpha value is 0.423. The van der Waals surface area contributed by atoms with Gasteiger partial charge in [-0.25, -0.2) is 22.3 Å². The van der Waals surface area contributed by atoms with Gasteiger partial charge in [-0.1, -0.05) is 27.7 Å². The van der Waals surface area contributed by atoms with E-state index in [1.165, 1.54) is 22.3 Å². The van der Waals surface area contributed by atoms with Crippen LogP contribution in [-0.2, 0) is 26.2 Å². The van der Waals surface area contributed by atoms with E-state index in [0.29, 0.717) is 0 Å². The van der Waals surface area contributed by atoms with E-state index < -0.39 is 0 Å². The summed E-state index contributed by atoms with van der Waals surface area (Å²) in [4.78, 5) is 0. The summed E-state index contributed by atoms with van der Waals surface area (Å²) >= 11 is 0. The SMILES string of the molecule is CC1=[C-]CC=C1C(C)(C)C1=CC[C-]=C1C.[Cl-].[Cl-].[Zr+4]. The fraction of sp³-hybridized carbons (Fsp3) is 0.467. The minimum atomic E-state index is 0. The fourth-order valence-electron chi connectivity index (χ4n) is 2.70. The third-order valence-corrected chi connectivity index (χ3v) is 3.50. The van der Waals surface area contributed by atoms with Crippen LogP contribution < -0.4 is 24.8 Å². The zero-order chi connectivity index (χ0) is 11.1. The van der Waals surface area contributed by atoms with Crippen LogP contribution in [0.2, 0.25) is 0 Å². The molecule has 0 saturated heterocycles. The Kier molecular flexibility index (Phi) is 9.08. The van der Waals surface area contributed by atoms with Crippen molar-refractivity contribution in [1.29, 1.82) is 0 Å². The van der Waals surface area contributed by atoms with Crippen molar-refractivity contribution in [3.05, 3.63) is 46.6 Å². The van der Waals surface area contributed by atoms with Crippen LogP contribution >= 0.6 is 0 Å². The molecule has 0 N–H and O–H groups in total. The summed E-state index contributed by atoms with van der Waals surface area (Å²) in [5, 5.41) is 0. The number of rotatable bonds is 2. The number of hydrogen-bond acceptors (Lipinski definition) is 0. The molecular formula is C15H18Cl2Zr. The standard InChI is InChI=1S/C15H18.2ClH.Zr/c1-11-7-5-9-13(11)15(3,4)14-10-6-8-12(14)2;;;/h9-10H,5-6H2,1-4H3;2*1H;/q-2;;;+4/p-2. The second-order valence-electron chi connectivity index (χ2n) is 4.87. The van der Waals surface area contributed by atoms with Crippen molar-refractivity contribution in [3.8, 4) is 0 Å². The predicted octanol–water partition coefficient (Wildman–Crippen LogP) is -1.82. The van der Waals surface area contributed by atoms with Crippen LogP contribution in [0.25, 0.3) is 0 Å². The van der Waals surface area contributed by atoms with Crippen molar-refractivity contribution in [2.24, 2.45) is 5.41 Å². The van der Waals surface area contributed by atoms with E-state index in [1.807, 2.05) is 0 Å². The van der Waals surface area contributed by atoms with Crippen LogP contribution in [0, 0.1) is 17.6 Å². The zero-order valence-electron chi connectivity index (χ0n) is 11.3. The molecule has 0 aliphatic heterocycles. The average Bonchev–Trinajstić information content (AvgIpc) is 2.73. The van der Waals surface area contributed by atoms with Gasteiger partial charge in [0, 0.05) is 0 Å². The Morgan fingerprint density at radius 3 is 1.44 bits per heavy atom. The monoisotopic (exact) mass is 358 g/mol. The second kappa shape index (κ2) is 7.88. The summed E-state index contributed by atoms with van der Waals surface area (Å²) in [6, 6.07) is 0. The third kappa shape index (κ3) is 3.72. The van der Waals surface area contributed by atoms with Gasteiger partial charge in [0.05, 0.1) is 0 Å². The molecule has 0 bridgehead atoms. The predicted molar refractivity (Wildman–Crippen MR) is 64.0 cm³/mol. The van der Waals surface area contributed by atoms with Crippen LogP contribution in [0.1, 0.15) is 40.5 Å². The van der Waals surface area contributed by atoms with Gasteiger partial charge in [-0.15, -0.1) is 18.3 Å². The molecule has 0 heterocycles. The van der Waals surface area contributed by atoms with Gasteiger partial charge in [0.25, 0.3) is 0 Å². The topological polar surface area (TPSA) is 0 Å². The molecule has 0 atom stereocenters. The van der Waals surface area contributed by atoms with Crippen molar-refractivity contribution in [1.82, 2.24) is 0 Å². The van der Waals surface area contributed by atoms with E-state index >= 15 is 0 Å². The first kappa shape index (κ1) is 20.7. The molecule has 0 aromatic heterocycles. The molecule has 0 nitrogen and oxygen atoms in total. The van der Waals surface area contributed by atoms with E-state index in [0.717, 1.165) is 12.8 Å². The number of halogens is 2. The Bertz CT molecular complexity index is 374. The average molecular weight is 360 g/mol. The first-order chi connectivity index (χ1) is 7.03. The van der Waals surface area contributed by atoms with E-state index in [1.54, 1.807) is 0 Å². The summed E-state index contributed by atoms with van der Waals surface area (Å²) in [6.07, 6.45) is 13.3. The summed E-state index contributed by atoms with van der Waals surface area (Å²) in [5.74, 6) is 0. The Balaban J connectivity index is 0. The maximum Gasteiger partial charge on any atom is 4.00 e. The van der Waals surface area contributed by atoms with Crippen LogP contribution in [0.5, 0.6) is 0 Å². The summed E-state index contributed by atoms with van der Waals surface area (Å²) in [5.41, 5.74) is 5.65. The summed E-state index contributed by atoms with van der Waals surface area (Å²) < 4.78 is 0. The van der Waals surface area contributed by atoms with Crippen LogP contribution in [0.15, 0.2) is 34.4 Å². The van der Waals surface area contributed by atoms with E-state index in [2.05, 4.69) is 52.0 Å². The van der Waals surface area contributed by atoms with Crippen LogP contribution in [0.3, 0.4) is 0 Å². The van der Waals surface area contributed by atoms with Crippen molar-refractivity contribution >= 4 is 0 Å². The van der Waals surface area contributed by atoms with E-state index in [4.69, 9.17) is 0 Å². The van der Waals surface area contributed by atoms with E-state index in [-0.39, 0.29) is 56.4 Å². The minimum Gasteiger partial charge on any atom is -1.00 e. The van der Waals surface area contributed by atoms with Crippen LogP contribution in [0.4, 0.5) is 0 Å². The van der Waals surface area contributed by atoms with Crippen molar-refractivity contribution < 1.29 is 51.0 Å². The Morgan fingerprint density at radius 2 is 1.22 bits per heavy atom. The third-order valence-electron chi connectivity index (χ3n) is 3.50. The molecule has 18 heavy (non-hydrogen) atoms. The molecule has 0 saturated carbocycles. The molecule has 2 aliphatic carbocycles. The van der Waals surface area contributed by atoms with Gasteiger partial charge in [0.15, 0.2) is 0 Å². The molecule has 0 fully saturated rings. The van der Waals surface area contributed by atoms with Gasteiger partial charge in [0.1, 0.15) is 0 Å². The van der Waals surface area contributed by atoms with Gasteiger partial charge >= 0.3 is 26.2 Å². The molecule has 2 rings (SSSR count). The molecule has 0 aromatic carbocycles. The molecule has 0 spiro atoms. The first-order valence-electron chi connectivity index (χ1n) is 5.60. The van der Waals surface area contributed by atoms with Gasteiger partial charge in [-0.2, -0.15) is 12.2 Å². The minimum absolute atomic E-state index is 0. The quantitative estimate of drug-likeness (QED) is 0.509. The molecule has 3 heteroatoms. The molecule has 0 amide bonds. The maximum atomic E-state index is 3.38. The summed E-state index contributed by atoms with van der Waals surface area (Å²) in [7, 11) is 0. The fourth-order valence-corrected chi connectivity index (χ4v) is 2.70. The van der Waals surface area contributed by atoms with Crippen molar-refractivity contribution in [2.45, 2.75) is 40.5 Å². The maximum absolute atomic E-state index is 3.38. The molecule has 0 unspecified atom stereocenters. The largest absolute Gasteiger partial charge is 4.00 e. The second-order valence-corrected chi connectivity index (χ2v) is 4.87. The Morgan fingerprint density at radius 1 is 0.889 bits per heavy atom. The molecule has 0 aromatic rings. The molecule has 2 aliphatic rings. The molecular weight excluding hydrogens is 342 g/mol. The van der Waals surface area contributed by atoms with Crippen molar-refractivity contribution in [2.75, 3.05) is 0 Å². The number of hydrogen-bond donors (Lipinski definition) is 0. The molecule has 0 radical (unpaired) electrons. The van der Waals surface area contributed by atoms with Gasteiger partial charge in [-0.05, 0) is 0 Å². The van der Waals surface area contributed by atoms with Crippen LogP contribution in [-0.4, -0.2) is 0 Å². The van der Waals surface area contributed by atoms with E-state index in [9.17, 15) is 0 Å². The number of allylic oxidation sites excluding steroid dienone is 8. The smallest absolute Gasteiger partial charge is 1.00 e. The Labute approximate surface area is 143 Å². The van der Waals surface area contributed by atoms with Gasteiger partial charge in [-0.3, -0.25) is 12.2 Å². The zero-order valence-corrected chi connectivity index (χ0v) is 15.3. The normalized spacial score (nSPS) is 17.6. The van der Waals surface area contributed by atoms with Gasteiger partial charge < -0.3 is 24.8 Å². The van der Waals surface area contributed by atoms with Crippen molar-refractivity contribution in [3.63, 3.8) is 0 Å².